The average molecular weight is 357 g/mol. The Morgan fingerprint density at radius 3 is 2.96 bits per heavy atom. The van der Waals surface area contributed by atoms with Crippen LogP contribution in [0.25, 0.3) is 21.5 Å². The summed E-state index contributed by atoms with van der Waals surface area (Å²) in [4.78, 5) is 16.2. The van der Waals surface area contributed by atoms with E-state index in [1.54, 1.807) is 4.90 Å². The second-order valence-corrected chi connectivity index (χ2v) is 7.18. The van der Waals surface area contributed by atoms with E-state index in [0.29, 0.717) is 24.6 Å². The van der Waals surface area contributed by atoms with Crippen molar-refractivity contribution in [1.82, 2.24) is 14.7 Å². The largest absolute Gasteiger partial charge is 0.389 e. The number of aliphatic hydroxyl groups is 1. The number of carbonyl (C=O) groups excluding carboxylic acids is 1. The molecule has 0 bridgehead atoms. The highest BCUT2D eigenvalue weighted by Gasteiger charge is 2.25. The van der Waals surface area contributed by atoms with E-state index in [0.717, 1.165) is 21.5 Å². The molecule has 1 amide bonds. The number of β-amino-alcohol motifs (C(OH)–C–C–N with tert-alkyl or cyclic N) is 1. The smallest absolute Gasteiger partial charge is 0.264 e. The number of amides is 1. The Labute approximate surface area is 149 Å². The van der Waals surface area contributed by atoms with Crippen molar-refractivity contribution in [3.8, 4) is 11.3 Å². The van der Waals surface area contributed by atoms with Gasteiger partial charge in [0.2, 0.25) is 0 Å². The van der Waals surface area contributed by atoms with Crippen LogP contribution in [0.4, 0.5) is 0 Å². The normalized spacial score (nSPS) is 18.5. The van der Waals surface area contributed by atoms with E-state index in [2.05, 4.69) is 5.10 Å². The van der Waals surface area contributed by atoms with Crippen LogP contribution in [0.2, 0.25) is 0 Å². The van der Waals surface area contributed by atoms with Gasteiger partial charge in [-0.3, -0.25) is 9.48 Å². The molecule has 130 valence electrons. The van der Waals surface area contributed by atoms with Gasteiger partial charge in [0.25, 0.3) is 5.91 Å². The Hall–Kier alpha value is -2.22. The van der Waals surface area contributed by atoms with E-state index in [9.17, 15) is 9.90 Å². The quantitative estimate of drug-likeness (QED) is 0.763. The predicted octanol–water partition coefficient (Wildman–Crippen LogP) is 2.14. The lowest BCUT2D eigenvalue weighted by Crippen LogP contribution is -2.37. The van der Waals surface area contributed by atoms with Gasteiger partial charge in [-0.2, -0.15) is 5.10 Å². The van der Waals surface area contributed by atoms with Gasteiger partial charge < -0.3 is 14.7 Å². The Morgan fingerprint density at radius 1 is 1.36 bits per heavy atom. The van der Waals surface area contributed by atoms with Crippen molar-refractivity contribution < 1.29 is 14.6 Å². The molecular formula is C18H19N3O3S. The molecule has 6 nitrogen and oxygen atoms in total. The predicted molar refractivity (Wildman–Crippen MR) is 96.8 cm³/mol. The number of aromatic nitrogens is 2. The highest BCUT2D eigenvalue weighted by Crippen LogP contribution is 2.34. The van der Waals surface area contributed by atoms with Gasteiger partial charge in [-0.1, -0.05) is 30.3 Å². The number of hydrogen-bond acceptors (Lipinski definition) is 5. The molecular weight excluding hydrogens is 338 g/mol. The lowest BCUT2D eigenvalue weighted by atomic mass is 10.1. The molecule has 3 heterocycles. The lowest BCUT2D eigenvalue weighted by Gasteiger charge is -2.20. The summed E-state index contributed by atoms with van der Waals surface area (Å²) in [6.07, 6.45) is -0.637. The first-order chi connectivity index (χ1) is 12.1. The van der Waals surface area contributed by atoms with Crippen molar-refractivity contribution in [3.05, 3.63) is 41.3 Å². The molecule has 7 heteroatoms. The lowest BCUT2D eigenvalue weighted by molar-refractivity contribution is 0.0535. The number of benzene rings is 1. The van der Waals surface area contributed by atoms with Gasteiger partial charge >= 0.3 is 0 Å². The zero-order valence-electron chi connectivity index (χ0n) is 13.9. The zero-order chi connectivity index (χ0) is 17.4. The summed E-state index contributed by atoms with van der Waals surface area (Å²) in [5.41, 5.74) is 1.91. The molecule has 1 N–H and O–H groups in total. The first kappa shape index (κ1) is 16.3. The summed E-state index contributed by atoms with van der Waals surface area (Å²) >= 11 is 1.44. The topological polar surface area (TPSA) is 67.6 Å². The van der Waals surface area contributed by atoms with E-state index in [4.69, 9.17) is 4.74 Å². The van der Waals surface area contributed by atoms with Crippen molar-refractivity contribution >= 4 is 27.5 Å². The highest BCUT2D eigenvalue weighted by atomic mass is 32.1. The molecule has 25 heavy (non-hydrogen) atoms. The number of aryl methyl sites for hydroxylation is 1. The van der Waals surface area contributed by atoms with Gasteiger partial charge in [-0.05, 0) is 6.07 Å². The van der Waals surface area contributed by atoms with Crippen molar-refractivity contribution in [2.45, 2.75) is 6.10 Å². The summed E-state index contributed by atoms with van der Waals surface area (Å²) < 4.78 is 7.13. The van der Waals surface area contributed by atoms with E-state index in [1.807, 2.05) is 48.1 Å². The van der Waals surface area contributed by atoms with E-state index >= 15 is 0 Å². The first-order valence-electron chi connectivity index (χ1n) is 8.20. The first-order valence-corrected chi connectivity index (χ1v) is 9.02. The van der Waals surface area contributed by atoms with Gasteiger partial charge in [0.05, 0.1) is 24.2 Å². The number of ether oxygens (including phenoxy) is 1. The van der Waals surface area contributed by atoms with Crippen LogP contribution in [0.15, 0.2) is 36.4 Å². The van der Waals surface area contributed by atoms with Crippen LogP contribution in [0.1, 0.15) is 9.67 Å². The molecule has 0 spiro atoms. The van der Waals surface area contributed by atoms with Gasteiger partial charge in [0, 0.05) is 31.1 Å². The fourth-order valence-corrected chi connectivity index (χ4v) is 4.13. The Balaban J connectivity index is 1.71. The number of nitrogens with zero attached hydrogens (tertiary/aromatic N) is 3. The maximum Gasteiger partial charge on any atom is 0.264 e. The molecule has 1 aliphatic heterocycles. The standard InChI is InChI=1S/C18H19N3O3S/c1-20-18-14(16(19-20)12-5-3-2-4-6-12)9-15(25-18)17(23)21-7-8-24-11-13(22)10-21/h2-6,9,13,22H,7-8,10-11H2,1H3/t13-/m0/s1. The third kappa shape index (κ3) is 3.06. The Kier molecular flexibility index (Phi) is 4.29. The third-order valence-corrected chi connectivity index (χ3v) is 5.49. The minimum Gasteiger partial charge on any atom is -0.389 e. The summed E-state index contributed by atoms with van der Waals surface area (Å²) in [6, 6.07) is 11.9. The maximum atomic E-state index is 12.9. The van der Waals surface area contributed by atoms with Crippen LogP contribution in [0, 0.1) is 0 Å². The molecule has 1 fully saturated rings. The number of aliphatic hydroxyl groups excluding tert-OH is 1. The van der Waals surface area contributed by atoms with Crippen LogP contribution < -0.4 is 0 Å². The molecule has 4 rings (SSSR count). The van der Waals surface area contributed by atoms with Gasteiger partial charge in [-0.25, -0.2) is 0 Å². The third-order valence-electron chi connectivity index (χ3n) is 4.30. The number of carbonyl (C=O) groups is 1. The number of thiophene rings is 1. The molecule has 2 aromatic heterocycles. The molecule has 0 radical (unpaired) electrons. The second kappa shape index (κ2) is 6.59. The Bertz CT molecular complexity index is 903. The van der Waals surface area contributed by atoms with Crippen LogP contribution in [-0.4, -0.2) is 58.1 Å². The minimum absolute atomic E-state index is 0.0650. The SMILES string of the molecule is Cn1nc(-c2ccccc2)c2cc(C(=O)N3CCOC[C@@H](O)C3)sc21. The Morgan fingerprint density at radius 2 is 2.16 bits per heavy atom. The summed E-state index contributed by atoms with van der Waals surface area (Å²) in [5.74, 6) is -0.0650. The van der Waals surface area contributed by atoms with Crippen molar-refractivity contribution in [2.75, 3.05) is 26.3 Å². The van der Waals surface area contributed by atoms with E-state index < -0.39 is 6.10 Å². The fourth-order valence-electron chi connectivity index (χ4n) is 3.09. The van der Waals surface area contributed by atoms with Crippen LogP contribution in [0.5, 0.6) is 0 Å². The van der Waals surface area contributed by atoms with Crippen molar-refractivity contribution in [3.63, 3.8) is 0 Å². The summed E-state index contributed by atoms with van der Waals surface area (Å²) in [6.45, 7) is 1.52. The monoisotopic (exact) mass is 357 g/mol. The van der Waals surface area contributed by atoms with Crippen molar-refractivity contribution in [2.24, 2.45) is 7.05 Å². The van der Waals surface area contributed by atoms with Gasteiger partial charge in [0.1, 0.15) is 10.5 Å². The zero-order valence-corrected chi connectivity index (χ0v) is 14.7. The molecule has 1 atom stereocenters. The maximum absolute atomic E-state index is 12.9. The summed E-state index contributed by atoms with van der Waals surface area (Å²) in [7, 11) is 1.89. The van der Waals surface area contributed by atoms with E-state index in [1.165, 1.54) is 11.3 Å². The fraction of sp³-hybridized carbons (Fsp3) is 0.333. The van der Waals surface area contributed by atoms with Crippen LogP contribution in [0.3, 0.4) is 0 Å². The average Bonchev–Trinajstić information content (AvgIpc) is 3.10. The highest BCUT2D eigenvalue weighted by molar-refractivity contribution is 7.20. The van der Waals surface area contributed by atoms with Gasteiger partial charge in [-0.15, -0.1) is 11.3 Å². The molecule has 0 saturated carbocycles. The number of fused-ring (bicyclic) bond motifs is 1. The van der Waals surface area contributed by atoms with Gasteiger partial charge in [0.15, 0.2) is 0 Å². The number of hydrogen-bond donors (Lipinski definition) is 1. The molecule has 3 aromatic rings. The van der Waals surface area contributed by atoms with Crippen molar-refractivity contribution in [1.29, 1.82) is 0 Å². The van der Waals surface area contributed by atoms with E-state index in [-0.39, 0.29) is 12.5 Å². The number of rotatable bonds is 2. The molecule has 0 unspecified atom stereocenters. The summed E-state index contributed by atoms with van der Waals surface area (Å²) in [5, 5.41) is 15.4. The minimum atomic E-state index is -0.637. The van der Waals surface area contributed by atoms with Crippen LogP contribution >= 0.6 is 11.3 Å². The second-order valence-electron chi connectivity index (χ2n) is 6.15. The molecule has 0 aliphatic carbocycles. The van der Waals surface area contributed by atoms with Crippen LogP contribution in [-0.2, 0) is 11.8 Å². The molecule has 1 saturated heterocycles. The molecule has 1 aromatic carbocycles. The molecule has 1 aliphatic rings.